The van der Waals surface area contributed by atoms with Gasteiger partial charge in [-0.25, -0.2) is 4.39 Å². The number of methoxy groups -OCH3 is 1. The molecular formula is C22H23FN4O3. The zero-order valence-corrected chi connectivity index (χ0v) is 16.7. The number of rotatable bonds is 5. The lowest BCUT2D eigenvalue weighted by molar-refractivity contribution is -0.119. The second-order valence-corrected chi connectivity index (χ2v) is 7.51. The Morgan fingerprint density at radius 1 is 1.23 bits per heavy atom. The van der Waals surface area contributed by atoms with Crippen LogP contribution in [0.1, 0.15) is 18.4 Å². The van der Waals surface area contributed by atoms with Gasteiger partial charge in [0.05, 0.1) is 13.7 Å². The molecule has 0 unspecified atom stereocenters. The van der Waals surface area contributed by atoms with E-state index in [1.54, 1.807) is 25.3 Å². The van der Waals surface area contributed by atoms with Crippen molar-refractivity contribution in [1.82, 2.24) is 10.2 Å². The van der Waals surface area contributed by atoms with Crippen LogP contribution in [0.4, 0.5) is 10.1 Å². The molecule has 7 nitrogen and oxygen atoms in total. The van der Waals surface area contributed by atoms with Gasteiger partial charge in [0.25, 0.3) is 5.91 Å². The zero-order valence-electron chi connectivity index (χ0n) is 16.7. The Bertz CT molecular complexity index is 982. The minimum Gasteiger partial charge on any atom is -0.497 e. The lowest BCUT2D eigenvalue weighted by atomic mass is 9.98. The Hall–Kier alpha value is -3.26. The van der Waals surface area contributed by atoms with E-state index >= 15 is 0 Å². The molecule has 1 saturated heterocycles. The molecule has 2 aromatic rings. The minimum atomic E-state index is -0.652. The van der Waals surface area contributed by atoms with E-state index in [-0.39, 0.29) is 24.2 Å². The number of hydrogen-bond donors (Lipinski definition) is 2. The highest BCUT2D eigenvalue weighted by Crippen LogP contribution is 2.29. The fourth-order valence-electron chi connectivity index (χ4n) is 3.79. The number of hydrogen-bond acceptors (Lipinski definition) is 5. The smallest absolute Gasteiger partial charge is 0.272 e. The molecule has 2 heterocycles. The summed E-state index contributed by atoms with van der Waals surface area (Å²) in [6.07, 6.45) is 1.21. The van der Waals surface area contributed by atoms with Crippen molar-refractivity contribution in [2.24, 2.45) is 4.99 Å². The highest BCUT2D eigenvalue weighted by atomic mass is 19.1. The van der Waals surface area contributed by atoms with E-state index < -0.39 is 5.66 Å². The summed E-state index contributed by atoms with van der Waals surface area (Å²) in [5.74, 6) is -0.0245. The zero-order chi connectivity index (χ0) is 21.1. The van der Waals surface area contributed by atoms with Crippen LogP contribution in [-0.4, -0.2) is 54.8 Å². The summed E-state index contributed by atoms with van der Waals surface area (Å²) in [4.78, 5) is 31.5. The van der Waals surface area contributed by atoms with Gasteiger partial charge in [-0.15, -0.1) is 0 Å². The summed E-state index contributed by atoms with van der Waals surface area (Å²) in [5.41, 5.74) is 0.968. The fourth-order valence-corrected chi connectivity index (χ4v) is 3.79. The number of halogens is 1. The molecule has 2 aliphatic rings. The van der Waals surface area contributed by atoms with E-state index in [4.69, 9.17) is 4.74 Å². The Kier molecular flexibility index (Phi) is 5.50. The van der Waals surface area contributed by atoms with Crippen LogP contribution < -0.4 is 15.4 Å². The van der Waals surface area contributed by atoms with E-state index in [9.17, 15) is 14.0 Å². The number of aliphatic imine (C=N–C) groups is 1. The van der Waals surface area contributed by atoms with Crippen LogP contribution in [0.5, 0.6) is 5.75 Å². The Morgan fingerprint density at radius 2 is 1.97 bits per heavy atom. The minimum absolute atomic E-state index is 0.106. The summed E-state index contributed by atoms with van der Waals surface area (Å²) in [7, 11) is 1.58. The number of ether oxygens (including phenoxy) is 1. The van der Waals surface area contributed by atoms with Crippen LogP contribution in [-0.2, 0) is 9.59 Å². The number of likely N-dealkylation sites (tertiary alicyclic amines) is 1. The van der Waals surface area contributed by atoms with E-state index in [0.29, 0.717) is 48.6 Å². The van der Waals surface area contributed by atoms with Crippen LogP contribution in [0.25, 0.3) is 0 Å². The monoisotopic (exact) mass is 410 g/mol. The predicted octanol–water partition coefficient (Wildman–Crippen LogP) is 2.18. The van der Waals surface area contributed by atoms with Crippen molar-refractivity contribution < 1.29 is 18.7 Å². The fraction of sp³-hybridized carbons (Fsp3) is 0.318. The van der Waals surface area contributed by atoms with Gasteiger partial charge in [0.1, 0.15) is 22.9 Å². The molecule has 2 aromatic carbocycles. The summed E-state index contributed by atoms with van der Waals surface area (Å²) in [6, 6.07) is 13.0. The predicted molar refractivity (Wildman–Crippen MR) is 111 cm³/mol. The molecule has 156 valence electrons. The first-order valence-electron chi connectivity index (χ1n) is 9.81. The molecule has 2 N–H and O–H groups in total. The van der Waals surface area contributed by atoms with Crippen molar-refractivity contribution in [1.29, 1.82) is 0 Å². The van der Waals surface area contributed by atoms with Gasteiger partial charge in [-0.3, -0.25) is 19.5 Å². The number of amides is 2. The largest absolute Gasteiger partial charge is 0.497 e. The highest BCUT2D eigenvalue weighted by molar-refractivity contribution is 6.46. The van der Waals surface area contributed by atoms with Crippen LogP contribution in [0.2, 0.25) is 0 Å². The quantitative estimate of drug-likeness (QED) is 0.792. The summed E-state index contributed by atoms with van der Waals surface area (Å²) in [6.45, 7) is 1.52. The number of nitrogens with zero attached hydrogens (tertiary/aromatic N) is 2. The van der Waals surface area contributed by atoms with Crippen LogP contribution >= 0.6 is 0 Å². The maximum absolute atomic E-state index is 13.2. The number of carbonyl (C=O) groups excluding carboxylic acids is 2. The van der Waals surface area contributed by atoms with Crippen LogP contribution in [0.3, 0.4) is 0 Å². The van der Waals surface area contributed by atoms with Crippen molar-refractivity contribution in [2.75, 3.05) is 32.1 Å². The molecule has 0 bridgehead atoms. The Morgan fingerprint density at radius 3 is 2.67 bits per heavy atom. The lowest BCUT2D eigenvalue weighted by Gasteiger charge is -2.36. The Labute approximate surface area is 173 Å². The van der Waals surface area contributed by atoms with Gasteiger partial charge >= 0.3 is 0 Å². The van der Waals surface area contributed by atoms with Crippen molar-refractivity contribution in [3.63, 3.8) is 0 Å². The number of nitrogens with one attached hydrogen (secondary N) is 2. The maximum atomic E-state index is 13.2. The third kappa shape index (κ3) is 4.33. The second kappa shape index (κ2) is 8.23. The molecule has 2 aliphatic heterocycles. The molecular weight excluding hydrogens is 387 g/mol. The molecule has 0 atom stereocenters. The summed E-state index contributed by atoms with van der Waals surface area (Å²) < 4.78 is 18.3. The van der Waals surface area contributed by atoms with E-state index in [2.05, 4.69) is 15.6 Å². The van der Waals surface area contributed by atoms with Crippen LogP contribution in [0.15, 0.2) is 53.5 Å². The van der Waals surface area contributed by atoms with Gasteiger partial charge in [0.2, 0.25) is 5.91 Å². The van der Waals surface area contributed by atoms with Crippen LogP contribution in [0, 0.1) is 5.82 Å². The van der Waals surface area contributed by atoms with E-state index in [0.717, 1.165) is 0 Å². The lowest BCUT2D eigenvalue weighted by Crippen LogP contribution is -2.52. The second-order valence-electron chi connectivity index (χ2n) is 7.51. The van der Waals surface area contributed by atoms with Gasteiger partial charge in [-0.1, -0.05) is 6.07 Å². The first-order chi connectivity index (χ1) is 14.5. The molecule has 4 rings (SSSR count). The molecule has 0 radical (unpaired) electrons. The number of carbonyl (C=O) groups is 2. The van der Waals surface area contributed by atoms with Crippen molar-refractivity contribution in [2.45, 2.75) is 18.5 Å². The molecule has 1 fully saturated rings. The van der Waals surface area contributed by atoms with Crippen molar-refractivity contribution in [3.05, 3.63) is 59.9 Å². The van der Waals surface area contributed by atoms with Gasteiger partial charge < -0.3 is 15.4 Å². The summed E-state index contributed by atoms with van der Waals surface area (Å²) in [5, 5.41) is 5.86. The normalized spacial score (nSPS) is 18.1. The van der Waals surface area contributed by atoms with E-state index in [1.807, 2.05) is 23.1 Å². The topological polar surface area (TPSA) is 83.0 Å². The first-order valence-corrected chi connectivity index (χ1v) is 9.81. The number of benzene rings is 2. The van der Waals surface area contributed by atoms with Crippen molar-refractivity contribution in [3.8, 4) is 5.75 Å². The average molecular weight is 410 g/mol. The van der Waals surface area contributed by atoms with Gasteiger partial charge in [-0.05, 0) is 36.4 Å². The molecule has 0 aliphatic carbocycles. The van der Waals surface area contributed by atoms with Crippen molar-refractivity contribution >= 4 is 23.2 Å². The number of piperidine rings is 1. The van der Waals surface area contributed by atoms with Gasteiger partial charge in [0.15, 0.2) is 0 Å². The molecule has 8 heteroatoms. The van der Waals surface area contributed by atoms with Gasteiger partial charge in [-0.2, -0.15) is 0 Å². The third-order valence-electron chi connectivity index (χ3n) is 5.41. The standard InChI is InChI=1S/C22H23FN4O3/c1-30-18-4-2-3-17(13-18)24-19(28)14-27-11-9-22(10-12-27)25-20(21(29)26-22)15-5-7-16(23)8-6-15/h2-8,13H,9-12,14H2,1H3,(H,24,28)(H,26,29). The average Bonchev–Trinajstić information content (AvgIpc) is 3.06. The Balaban J connectivity index is 1.35. The molecule has 30 heavy (non-hydrogen) atoms. The molecule has 0 saturated carbocycles. The molecule has 1 spiro atoms. The number of anilines is 1. The van der Waals surface area contributed by atoms with Gasteiger partial charge in [0, 0.05) is 43.2 Å². The van der Waals surface area contributed by atoms with E-state index in [1.165, 1.54) is 12.1 Å². The summed E-state index contributed by atoms with van der Waals surface area (Å²) >= 11 is 0. The third-order valence-corrected chi connectivity index (χ3v) is 5.41. The first kappa shape index (κ1) is 20.0. The molecule has 2 amide bonds. The highest BCUT2D eigenvalue weighted by Gasteiger charge is 2.42. The SMILES string of the molecule is COc1cccc(NC(=O)CN2CCC3(CC2)N=C(c2ccc(F)cc2)C(=O)N3)c1. The molecule has 0 aromatic heterocycles. The maximum Gasteiger partial charge on any atom is 0.272 e.